The van der Waals surface area contributed by atoms with Gasteiger partial charge in [0.15, 0.2) is 0 Å². The molecule has 8 nitrogen and oxygen atoms in total. The van der Waals surface area contributed by atoms with Gasteiger partial charge < -0.3 is 20.3 Å². The van der Waals surface area contributed by atoms with Crippen LogP contribution >= 0.6 is 0 Å². The second-order valence-electron chi connectivity index (χ2n) is 9.64. The van der Waals surface area contributed by atoms with E-state index in [0.717, 1.165) is 35.2 Å². The highest BCUT2D eigenvalue weighted by Crippen LogP contribution is 2.31. The minimum Gasteiger partial charge on any atom is -0.391 e. The van der Waals surface area contributed by atoms with Crippen LogP contribution in [0, 0.1) is 5.92 Å². The molecule has 11 heteroatoms. The standard InChI is InChI=1S/C25H31F3N6O2/c1-16(2)34(11-17-3-5-19(6-4-17)25(26,27)28)24-20-8-10-33(23(20)30-15-31-24)12-18-7-9-32(13-21(18)35)14-22(29)36/h3-6,8,10,15-16,18,21,35H,7,9,11-14H2,1-2H3,(H2,29,36)/t18-,21+/m1/s1. The first-order valence-corrected chi connectivity index (χ1v) is 11.9. The number of aliphatic hydroxyl groups is 1. The third-order valence-corrected chi connectivity index (χ3v) is 6.68. The Balaban J connectivity index is 1.54. The smallest absolute Gasteiger partial charge is 0.391 e. The molecule has 0 radical (unpaired) electrons. The molecule has 4 rings (SSSR count). The fraction of sp³-hybridized carbons (Fsp3) is 0.480. The summed E-state index contributed by atoms with van der Waals surface area (Å²) < 4.78 is 40.8. The predicted octanol–water partition coefficient (Wildman–Crippen LogP) is 3.03. The van der Waals surface area contributed by atoms with E-state index in [1.807, 2.05) is 40.5 Å². The van der Waals surface area contributed by atoms with Crippen molar-refractivity contribution >= 4 is 22.8 Å². The summed E-state index contributed by atoms with van der Waals surface area (Å²) in [4.78, 5) is 24.1. The van der Waals surface area contributed by atoms with E-state index < -0.39 is 23.8 Å². The molecule has 3 heterocycles. The number of hydrogen-bond donors (Lipinski definition) is 2. The van der Waals surface area contributed by atoms with Gasteiger partial charge in [-0.25, -0.2) is 9.97 Å². The number of aromatic nitrogens is 3. The number of anilines is 1. The molecule has 194 valence electrons. The fourth-order valence-electron chi connectivity index (χ4n) is 4.74. The van der Waals surface area contributed by atoms with Crippen molar-refractivity contribution in [1.29, 1.82) is 0 Å². The van der Waals surface area contributed by atoms with Crippen LogP contribution in [0.2, 0.25) is 0 Å². The number of benzene rings is 1. The van der Waals surface area contributed by atoms with Crippen LogP contribution in [0.4, 0.5) is 19.0 Å². The van der Waals surface area contributed by atoms with Crippen LogP contribution in [0.5, 0.6) is 0 Å². The number of likely N-dealkylation sites (tertiary alicyclic amines) is 1. The lowest BCUT2D eigenvalue weighted by atomic mass is 9.93. The second kappa shape index (κ2) is 10.4. The Labute approximate surface area is 207 Å². The summed E-state index contributed by atoms with van der Waals surface area (Å²) >= 11 is 0. The van der Waals surface area contributed by atoms with Crippen LogP contribution in [0.1, 0.15) is 31.4 Å². The Morgan fingerprint density at radius 1 is 1.22 bits per heavy atom. The number of β-amino-alcohol motifs (C(OH)–C–C–N with tert-alkyl or cyclic N) is 1. The summed E-state index contributed by atoms with van der Waals surface area (Å²) in [5.74, 6) is 0.286. The highest BCUT2D eigenvalue weighted by atomic mass is 19.4. The monoisotopic (exact) mass is 504 g/mol. The first-order valence-electron chi connectivity index (χ1n) is 11.9. The average molecular weight is 505 g/mol. The lowest BCUT2D eigenvalue weighted by Gasteiger charge is -2.35. The lowest BCUT2D eigenvalue weighted by molar-refractivity contribution is -0.137. The summed E-state index contributed by atoms with van der Waals surface area (Å²) in [6, 6.07) is 7.15. The number of carbonyl (C=O) groups excluding carboxylic acids is 1. The fourth-order valence-corrected chi connectivity index (χ4v) is 4.74. The van der Waals surface area contributed by atoms with Crippen LogP contribution in [0.15, 0.2) is 42.9 Å². The van der Waals surface area contributed by atoms with Gasteiger partial charge in [0.2, 0.25) is 5.91 Å². The molecule has 3 aromatic rings. The van der Waals surface area contributed by atoms with Crippen molar-refractivity contribution in [2.45, 2.75) is 51.7 Å². The molecule has 1 aliphatic rings. The third-order valence-electron chi connectivity index (χ3n) is 6.68. The van der Waals surface area contributed by atoms with Crippen LogP contribution < -0.4 is 10.6 Å². The van der Waals surface area contributed by atoms with Crippen LogP contribution in [-0.2, 0) is 24.1 Å². The minimum absolute atomic E-state index is 0.00325. The van der Waals surface area contributed by atoms with Crippen molar-refractivity contribution in [3.63, 3.8) is 0 Å². The molecular formula is C25H31F3N6O2. The second-order valence-corrected chi connectivity index (χ2v) is 9.64. The number of hydrogen-bond acceptors (Lipinski definition) is 6. The number of nitrogens with two attached hydrogens (primary N) is 1. The summed E-state index contributed by atoms with van der Waals surface area (Å²) in [5, 5.41) is 11.5. The molecular weight excluding hydrogens is 473 g/mol. The number of halogens is 3. The topological polar surface area (TPSA) is 101 Å². The van der Waals surface area contributed by atoms with Crippen molar-refractivity contribution in [3.05, 3.63) is 54.0 Å². The molecule has 2 atom stereocenters. The largest absolute Gasteiger partial charge is 0.416 e. The minimum atomic E-state index is -4.37. The molecule has 2 aromatic heterocycles. The number of alkyl halides is 3. The van der Waals surface area contributed by atoms with E-state index in [0.29, 0.717) is 32.0 Å². The SMILES string of the molecule is CC(C)N(Cc1ccc(C(F)(F)F)cc1)c1ncnc2c1ccn2C[C@H]1CCN(CC(N)=O)C[C@@H]1O. The van der Waals surface area contributed by atoms with Gasteiger partial charge in [-0.1, -0.05) is 12.1 Å². The number of carbonyl (C=O) groups is 1. The van der Waals surface area contributed by atoms with Crippen molar-refractivity contribution in [2.24, 2.45) is 11.7 Å². The number of amides is 1. The van der Waals surface area contributed by atoms with E-state index in [1.165, 1.54) is 18.5 Å². The Bertz CT molecular complexity index is 1190. The van der Waals surface area contributed by atoms with Gasteiger partial charge in [-0.3, -0.25) is 9.69 Å². The van der Waals surface area contributed by atoms with E-state index >= 15 is 0 Å². The Morgan fingerprint density at radius 2 is 1.94 bits per heavy atom. The van der Waals surface area contributed by atoms with E-state index in [-0.39, 0.29) is 18.5 Å². The van der Waals surface area contributed by atoms with Gasteiger partial charge >= 0.3 is 6.18 Å². The summed E-state index contributed by atoms with van der Waals surface area (Å²) in [5.41, 5.74) is 6.07. The van der Waals surface area contributed by atoms with E-state index in [2.05, 4.69) is 9.97 Å². The zero-order chi connectivity index (χ0) is 26.0. The number of primary amides is 1. The van der Waals surface area contributed by atoms with E-state index in [1.54, 1.807) is 0 Å². The molecule has 1 saturated heterocycles. The zero-order valence-corrected chi connectivity index (χ0v) is 20.3. The quantitative estimate of drug-likeness (QED) is 0.489. The molecule has 3 N–H and O–H groups in total. The Morgan fingerprint density at radius 3 is 2.56 bits per heavy atom. The molecule has 0 spiro atoms. The summed E-state index contributed by atoms with van der Waals surface area (Å²) in [6.07, 6.45) is -0.838. The third kappa shape index (κ3) is 5.79. The number of nitrogens with zero attached hydrogens (tertiary/aromatic N) is 5. The number of rotatable bonds is 8. The van der Waals surface area contributed by atoms with E-state index in [9.17, 15) is 23.1 Å². The summed E-state index contributed by atoms with van der Waals surface area (Å²) in [6.45, 7) is 6.17. The van der Waals surface area contributed by atoms with Crippen LogP contribution in [0.3, 0.4) is 0 Å². The highest BCUT2D eigenvalue weighted by Gasteiger charge is 2.31. The molecule has 0 bridgehead atoms. The lowest BCUT2D eigenvalue weighted by Crippen LogP contribution is -2.47. The maximum Gasteiger partial charge on any atom is 0.416 e. The van der Waals surface area contributed by atoms with Crippen LogP contribution in [0.25, 0.3) is 11.0 Å². The number of fused-ring (bicyclic) bond motifs is 1. The maximum absolute atomic E-state index is 12.9. The first-order chi connectivity index (χ1) is 17.0. The van der Waals surface area contributed by atoms with Gasteiger partial charge in [0.05, 0.1) is 23.6 Å². The van der Waals surface area contributed by atoms with Crippen molar-refractivity contribution in [2.75, 3.05) is 24.5 Å². The molecule has 36 heavy (non-hydrogen) atoms. The van der Waals surface area contributed by atoms with Crippen molar-refractivity contribution < 1.29 is 23.1 Å². The number of aliphatic hydroxyl groups excluding tert-OH is 1. The van der Waals surface area contributed by atoms with Gasteiger partial charge in [-0.2, -0.15) is 13.2 Å². The van der Waals surface area contributed by atoms with Gasteiger partial charge in [-0.15, -0.1) is 0 Å². The first kappa shape index (κ1) is 25.9. The molecule has 0 unspecified atom stereocenters. The summed E-state index contributed by atoms with van der Waals surface area (Å²) in [7, 11) is 0. The van der Waals surface area contributed by atoms with Gasteiger partial charge in [0.25, 0.3) is 0 Å². The predicted molar refractivity (Wildman–Crippen MR) is 130 cm³/mol. The normalized spacial score (nSPS) is 19.2. The van der Waals surface area contributed by atoms with Gasteiger partial charge in [0.1, 0.15) is 17.8 Å². The molecule has 1 fully saturated rings. The van der Waals surface area contributed by atoms with E-state index in [4.69, 9.17) is 5.73 Å². The average Bonchev–Trinajstić information content (AvgIpc) is 3.21. The molecule has 1 aliphatic heterocycles. The van der Waals surface area contributed by atoms with Gasteiger partial charge in [0, 0.05) is 37.8 Å². The van der Waals surface area contributed by atoms with Crippen LogP contribution in [-0.4, -0.2) is 62.2 Å². The maximum atomic E-state index is 12.9. The molecule has 0 saturated carbocycles. The highest BCUT2D eigenvalue weighted by molar-refractivity contribution is 5.88. The molecule has 0 aliphatic carbocycles. The molecule has 1 aromatic carbocycles. The number of piperidine rings is 1. The van der Waals surface area contributed by atoms with Crippen molar-refractivity contribution in [1.82, 2.24) is 19.4 Å². The molecule has 1 amide bonds. The Kier molecular flexibility index (Phi) is 7.51. The Hall–Kier alpha value is -3.18. The van der Waals surface area contributed by atoms with Gasteiger partial charge in [-0.05, 0) is 50.6 Å². The van der Waals surface area contributed by atoms with Crippen molar-refractivity contribution in [3.8, 4) is 0 Å². The zero-order valence-electron chi connectivity index (χ0n) is 20.3.